The highest BCUT2D eigenvalue weighted by molar-refractivity contribution is 14.1. The van der Waals surface area contributed by atoms with Crippen LogP contribution in [0.4, 0.5) is 21.2 Å². The molecule has 0 saturated carbocycles. The molecule has 79 heavy (non-hydrogen) atoms. The number of ether oxygens (including phenoxy) is 4. The molecule has 2 unspecified atom stereocenters. The van der Waals surface area contributed by atoms with Crippen LogP contribution in [0.25, 0.3) is 22.3 Å². The van der Waals surface area contributed by atoms with Gasteiger partial charge in [-0.2, -0.15) is 0 Å². The number of carbonyl (C=O) groups excluding carboxylic acids is 2. The molecule has 0 aliphatic carbocycles. The summed E-state index contributed by atoms with van der Waals surface area (Å²) in [5.74, 6) is 10.7. The number of anilines is 2. The summed E-state index contributed by atoms with van der Waals surface area (Å²) in [5.41, 5.74) is 13.2. The summed E-state index contributed by atoms with van der Waals surface area (Å²) < 4.78 is 25.1. The summed E-state index contributed by atoms with van der Waals surface area (Å²) in [6, 6.07) is 9.42. The molecule has 0 radical (unpaired) electrons. The van der Waals surface area contributed by atoms with E-state index in [0.29, 0.717) is 90.6 Å². The number of terminal acetylenes is 1. The first kappa shape index (κ1) is 59.5. The van der Waals surface area contributed by atoms with Crippen LogP contribution in [0.3, 0.4) is 0 Å². The van der Waals surface area contributed by atoms with Crippen LogP contribution >= 0.6 is 69.0 Å². The number of hydrogen-bond donors (Lipinski definition) is 8. The summed E-state index contributed by atoms with van der Waals surface area (Å²) in [6.07, 6.45) is 3.36. The minimum atomic E-state index is -1.29. The van der Waals surface area contributed by atoms with Crippen molar-refractivity contribution in [2.75, 3.05) is 50.9 Å². The van der Waals surface area contributed by atoms with Crippen LogP contribution in [-0.4, -0.2) is 168 Å². The fourth-order valence-corrected chi connectivity index (χ4v) is 10.1. The minimum absolute atomic E-state index is 0.114. The number of nitrogen functional groups attached to an aromatic ring is 2. The summed E-state index contributed by atoms with van der Waals surface area (Å²) >= 11 is 25.5. The molecule has 8 heterocycles. The standard InChI is InChI=1S/C25H26Cl2N6O6.C15H15Cl2NO2.C10H12IN5O4/c26-15-5-4-14(10-16(15)27)38-25(37)32-8-6-13(7-9-32)2-1-3-18-30-22(28)19-23(31-18)33(12-29-19)24-21(36)20(35)17(11-34)39-24;1-2-3-11-6-8-18(9-7-11)15(19)20-12-4-5-13(16)14(17)10-12;11-10-14-7(12)4-8(15-10)16(2-13-4)9-6(19)5(18)3(1-17)20-9/h4-5,10,12-13,17,20-21,24,34-36H,2,6-9,11H2,(H2,28,30,31);1,4-5,10-11H,3,6-9H2;2-3,5-6,9,17-19H,1H2,(H2,12,14,15)/t17-,20+,21?,24-;;3-,5+,6?,9-/m1.1/s1. The van der Waals surface area contributed by atoms with Crippen molar-refractivity contribution in [3.05, 3.63) is 78.8 Å². The quantitative estimate of drug-likeness (QED) is 0.0574. The molecule has 10 N–H and O–H groups in total. The van der Waals surface area contributed by atoms with E-state index in [1.54, 1.807) is 34.1 Å². The van der Waals surface area contributed by atoms with Gasteiger partial charge in [0.1, 0.15) is 59.2 Å². The number of nitrogens with two attached hydrogens (primary N) is 2. The molecule has 6 aromatic rings. The topological polar surface area (TPSA) is 338 Å². The van der Waals surface area contributed by atoms with Crippen molar-refractivity contribution >= 4 is 115 Å². The molecule has 0 bridgehead atoms. The van der Waals surface area contributed by atoms with E-state index in [0.717, 1.165) is 32.1 Å². The van der Waals surface area contributed by atoms with Crippen LogP contribution in [0.15, 0.2) is 49.1 Å². The lowest BCUT2D eigenvalue weighted by Crippen LogP contribution is -2.40. The van der Waals surface area contributed by atoms with Gasteiger partial charge in [-0.05, 0) is 67.7 Å². The van der Waals surface area contributed by atoms with Gasteiger partial charge in [0.2, 0.25) is 5.82 Å². The maximum absolute atomic E-state index is 12.5. The van der Waals surface area contributed by atoms with Gasteiger partial charge in [0, 0.05) is 73.7 Å². The predicted octanol–water partition coefficient (Wildman–Crippen LogP) is 4.83. The number of aromatic nitrogens is 8. The third-order valence-corrected chi connectivity index (χ3v) is 15.3. The fourth-order valence-electron chi connectivity index (χ4n) is 8.99. The maximum Gasteiger partial charge on any atom is 0.415 e. The molecular weight excluding hydrogens is 1230 g/mol. The Morgan fingerprint density at radius 1 is 0.658 bits per heavy atom. The number of imidazole rings is 2. The first-order valence-electron chi connectivity index (χ1n) is 24.5. The Kier molecular flexibility index (Phi) is 20.2. The number of fused-ring (bicyclic) bond motifs is 2. The second kappa shape index (κ2) is 26.8. The van der Waals surface area contributed by atoms with Gasteiger partial charge in [-0.25, -0.2) is 39.5 Å². The van der Waals surface area contributed by atoms with E-state index in [4.69, 9.17) is 88.3 Å². The maximum atomic E-state index is 12.5. The lowest BCUT2D eigenvalue weighted by atomic mass is 9.94. The SMILES string of the molecule is C#CCC1CCN(C(=O)Oc2ccc(Cl)c(Cl)c2)CC1.Nc1nc(C#CCC2CCN(C(=O)Oc3ccc(Cl)c(Cl)c3)CC2)nc2c1ncn2[C@@H]1O[C@H](CO)[C@H](O)C1O.Nc1nc(I)nc2c1ncn2[C@@H]1O[C@H](CO)[C@H](O)C1O. The van der Waals surface area contributed by atoms with E-state index in [-0.39, 0.29) is 35.1 Å². The average Bonchev–Trinajstić information content (AvgIpc) is 4.24. The Labute approximate surface area is 485 Å². The van der Waals surface area contributed by atoms with Crippen LogP contribution < -0.4 is 20.9 Å². The highest BCUT2D eigenvalue weighted by Gasteiger charge is 2.45. The zero-order valence-corrected chi connectivity index (χ0v) is 46.8. The molecule has 24 nitrogen and oxygen atoms in total. The molecule has 4 aliphatic heterocycles. The number of halogens is 5. The van der Waals surface area contributed by atoms with Crippen molar-refractivity contribution in [2.45, 2.75) is 87.6 Å². The normalized spacial score (nSPS) is 23.3. The lowest BCUT2D eigenvalue weighted by molar-refractivity contribution is -0.0511. The van der Waals surface area contributed by atoms with Gasteiger partial charge >= 0.3 is 12.2 Å². The minimum Gasteiger partial charge on any atom is -0.410 e. The molecule has 0 spiro atoms. The van der Waals surface area contributed by atoms with Crippen molar-refractivity contribution in [3.8, 4) is 35.7 Å². The Hall–Kier alpha value is -5.63. The van der Waals surface area contributed by atoms with E-state index < -0.39 is 68.4 Å². The van der Waals surface area contributed by atoms with Crippen molar-refractivity contribution in [2.24, 2.45) is 11.8 Å². The van der Waals surface area contributed by atoms with E-state index in [9.17, 15) is 35.1 Å². The van der Waals surface area contributed by atoms with Crippen LogP contribution in [0, 0.1) is 39.9 Å². The van der Waals surface area contributed by atoms with Gasteiger partial charge in [-0.15, -0.1) is 12.3 Å². The number of piperidine rings is 2. The molecule has 2 aromatic carbocycles. The zero-order chi connectivity index (χ0) is 56.7. The summed E-state index contributed by atoms with van der Waals surface area (Å²) in [4.78, 5) is 53.0. The van der Waals surface area contributed by atoms with E-state index >= 15 is 0 Å². The van der Waals surface area contributed by atoms with Crippen LogP contribution in [-0.2, 0) is 9.47 Å². The highest BCUT2D eigenvalue weighted by atomic mass is 127. The summed E-state index contributed by atoms with van der Waals surface area (Å²) in [7, 11) is 0. The Morgan fingerprint density at radius 3 is 1.53 bits per heavy atom. The van der Waals surface area contributed by atoms with E-state index in [1.807, 2.05) is 22.6 Å². The fraction of sp³-hybridized carbons (Fsp3) is 0.440. The smallest absolute Gasteiger partial charge is 0.410 e. The first-order valence-corrected chi connectivity index (χ1v) is 27.1. The summed E-state index contributed by atoms with van der Waals surface area (Å²) in [5, 5.41) is 60.2. The Morgan fingerprint density at radius 2 is 1.10 bits per heavy atom. The molecule has 4 aliphatic rings. The van der Waals surface area contributed by atoms with Crippen molar-refractivity contribution in [1.82, 2.24) is 48.8 Å². The number of likely N-dealkylation sites (tertiary alicyclic amines) is 2. The Balaban J connectivity index is 0.000000172. The van der Waals surface area contributed by atoms with Gasteiger partial charge in [0.25, 0.3) is 0 Å². The molecule has 4 aromatic heterocycles. The molecule has 420 valence electrons. The molecular formula is C50H53Cl4IN12O12. The second-order valence-electron chi connectivity index (χ2n) is 18.6. The monoisotopic (exact) mass is 1280 g/mol. The number of hydrogen-bond acceptors (Lipinski definition) is 20. The average molecular weight is 1280 g/mol. The number of carbonyl (C=O) groups is 2. The van der Waals surface area contributed by atoms with E-state index in [2.05, 4.69) is 47.7 Å². The number of nitrogens with zero attached hydrogens (tertiary/aromatic N) is 10. The van der Waals surface area contributed by atoms with Gasteiger partial charge < -0.3 is 70.9 Å². The van der Waals surface area contributed by atoms with Crippen LogP contribution in [0.1, 0.15) is 56.8 Å². The number of amides is 2. The number of aliphatic hydroxyl groups excluding tert-OH is 6. The molecule has 2 amide bonds. The van der Waals surface area contributed by atoms with Crippen molar-refractivity contribution in [1.29, 1.82) is 0 Å². The van der Waals surface area contributed by atoms with Crippen LogP contribution in [0.2, 0.25) is 20.1 Å². The number of benzene rings is 2. The number of aliphatic hydroxyl groups is 6. The van der Waals surface area contributed by atoms with Crippen molar-refractivity contribution in [3.63, 3.8) is 0 Å². The van der Waals surface area contributed by atoms with Gasteiger partial charge in [0.05, 0.1) is 46.0 Å². The molecule has 4 saturated heterocycles. The molecule has 10 rings (SSSR count). The zero-order valence-electron chi connectivity index (χ0n) is 41.6. The third-order valence-electron chi connectivity index (χ3n) is 13.4. The first-order chi connectivity index (χ1) is 37.9. The molecule has 29 heteroatoms. The highest BCUT2D eigenvalue weighted by Crippen LogP contribution is 2.35. The predicted molar refractivity (Wildman–Crippen MR) is 297 cm³/mol. The molecule has 4 fully saturated rings. The van der Waals surface area contributed by atoms with Gasteiger partial charge in [0.15, 0.2) is 39.2 Å². The second-order valence-corrected chi connectivity index (χ2v) is 21.2. The largest absolute Gasteiger partial charge is 0.415 e. The van der Waals surface area contributed by atoms with Gasteiger partial charge in [-0.3, -0.25) is 9.13 Å². The summed E-state index contributed by atoms with van der Waals surface area (Å²) in [6.45, 7) is 1.57. The van der Waals surface area contributed by atoms with Crippen molar-refractivity contribution < 1.29 is 59.2 Å². The Bertz CT molecular complexity index is 3260. The number of rotatable bonds is 8. The van der Waals surface area contributed by atoms with Gasteiger partial charge in [-0.1, -0.05) is 52.3 Å². The lowest BCUT2D eigenvalue weighted by Gasteiger charge is -2.30. The van der Waals surface area contributed by atoms with Crippen LogP contribution in [0.5, 0.6) is 11.5 Å². The third kappa shape index (κ3) is 14.1. The molecule has 8 atom stereocenters. The van der Waals surface area contributed by atoms with E-state index in [1.165, 1.54) is 33.9 Å².